The summed E-state index contributed by atoms with van der Waals surface area (Å²) in [7, 11) is 0. The maximum Gasteiger partial charge on any atom is 0.147 e. The molecule has 0 bridgehead atoms. The Morgan fingerprint density at radius 3 is 2.72 bits per heavy atom. The Labute approximate surface area is 123 Å². The van der Waals surface area contributed by atoms with Gasteiger partial charge in [0.25, 0.3) is 0 Å². The van der Waals surface area contributed by atoms with Crippen molar-refractivity contribution < 1.29 is 0 Å². The first-order valence-corrected chi connectivity index (χ1v) is 7.34. The van der Waals surface area contributed by atoms with Gasteiger partial charge in [0.2, 0.25) is 0 Å². The number of alkyl halides is 1. The van der Waals surface area contributed by atoms with Crippen LogP contribution in [0.2, 0.25) is 10.0 Å². The van der Waals surface area contributed by atoms with Crippen molar-refractivity contribution in [1.82, 2.24) is 9.88 Å². The Bertz CT molecular complexity index is 400. The fourth-order valence-corrected chi connectivity index (χ4v) is 2.90. The quantitative estimate of drug-likeness (QED) is 0.800. The van der Waals surface area contributed by atoms with Crippen molar-refractivity contribution in [2.45, 2.75) is 6.42 Å². The lowest BCUT2D eigenvalue weighted by molar-refractivity contribution is 0.311. The van der Waals surface area contributed by atoms with E-state index >= 15 is 0 Å². The molecule has 0 unspecified atom stereocenters. The molecule has 1 aliphatic rings. The number of aromatic nitrogens is 1. The molecule has 2 heterocycles. The molecule has 3 nitrogen and oxygen atoms in total. The summed E-state index contributed by atoms with van der Waals surface area (Å²) < 4.78 is 0. The van der Waals surface area contributed by atoms with Gasteiger partial charge < -0.3 is 9.80 Å². The Balaban J connectivity index is 2.05. The number of halogens is 3. The van der Waals surface area contributed by atoms with Crippen LogP contribution in [0.1, 0.15) is 6.42 Å². The molecule has 6 heteroatoms. The van der Waals surface area contributed by atoms with Crippen molar-refractivity contribution in [3.63, 3.8) is 0 Å². The van der Waals surface area contributed by atoms with E-state index < -0.39 is 0 Å². The van der Waals surface area contributed by atoms with Crippen LogP contribution in [0.25, 0.3) is 0 Å². The van der Waals surface area contributed by atoms with Gasteiger partial charge >= 0.3 is 0 Å². The average Bonchev–Trinajstić information content (AvgIpc) is 2.55. The summed E-state index contributed by atoms with van der Waals surface area (Å²) in [5.41, 5.74) is 0. The number of pyridine rings is 1. The third-order valence-corrected chi connectivity index (χ3v) is 3.73. The Morgan fingerprint density at radius 1 is 1.17 bits per heavy atom. The molecule has 1 aliphatic heterocycles. The standard InChI is InChI=1S/C12H16Cl3N3/c13-2-5-17-3-1-4-18(7-6-17)12-11(15)8-10(14)9-16-12/h8-9H,1-7H2. The molecule has 1 aromatic heterocycles. The summed E-state index contributed by atoms with van der Waals surface area (Å²) in [5.74, 6) is 1.51. The highest BCUT2D eigenvalue weighted by molar-refractivity contribution is 6.36. The lowest BCUT2D eigenvalue weighted by atomic mass is 10.3. The van der Waals surface area contributed by atoms with Crippen molar-refractivity contribution in [2.75, 3.05) is 43.5 Å². The molecule has 0 radical (unpaired) electrons. The lowest BCUT2D eigenvalue weighted by Gasteiger charge is -2.23. The van der Waals surface area contributed by atoms with Gasteiger partial charge in [0.1, 0.15) is 5.82 Å². The molecule has 0 amide bonds. The minimum Gasteiger partial charge on any atom is -0.354 e. The fourth-order valence-electron chi connectivity index (χ4n) is 2.17. The summed E-state index contributed by atoms with van der Waals surface area (Å²) in [4.78, 5) is 8.92. The van der Waals surface area contributed by atoms with Crippen LogP contribution in [0.4, 0.5) is 5.82 Å². The highest BCUT2D eigenvalue weighted by atomic mass is 35.5. The first-order valence-electron chi connectivity index (χ1n) is 6.05. The molecule has 2 rings (SSSR count). The molecule has 0 saturated carbocycles. The molecule has 1 saturated heterocycles. The van der Waals surface area contributed by atoms with Gasteiger partial charge in [-0.2, -0.15) is 0 Å². The van der Waals surface area contributed by atoms with Crippen LogP contribution in [0.15, 0.2) is 12.3 Å². The van der Waals surface area contributed by atoms with E-state index in [0.29, 0.717) is 15.9 Å². The zero-order valence-corrected chi connectivity index (χ0v) is 12.3. The summed E-state index contributed by atoms with van der Waals surface area (Å²) in [6.45, 7) is 4.90. The predicted octanol–water partition coefficient (Wildman–Crippen LogP) is 3.14. The maximum absolute atomic E-state index is 6.19. The van der Waals surface area contributed by atoms with Crippen LogP contribution in [0.5, 0.6) is 0 Å². The normalized spacial score (nSPS) is 17.8. The van der Waals surface area contributed by atoms with Crippen molar-refractivity contribution in [1.29, 1.82) is 0 Å². The molecule has 0 aliphatic carbocycles. The van der Waals surface area contributed by atoms with Gasteiger partial charge in [0.15, 0.2) is 0 Å². The van der Waals surface area contributed by atoms with E-state index in [1.807, 2.05) is 0 Å². The van der Waals surface area contributed by atoms with Crippen molar-refractivity contribution >= 4 is 40.6 Å². The largest absolute Gasteiger partial charge is 0.354 e. The van der Waals surface area contributed by atoms with Crippen LogP contribution in [0, 0.1) is 0 Å². The number of hydrogen-bond donors (Lipinski definition) is 0. The molecule has 0 N–H and O–H groups in total. The van der Waals surface area contributed by atoms with Gasteiger partial charge in [-0.25, -0.2) is 4.98 Å². The molecule has 1 fully saturated rings. The second-order valence-electron chi connectivity index (χ2n) is 4.33. The van der Waals surface area contributed by atoms with E-state index in [1.54, 1.807) is 12.3 Å². The second kappa shape index (κ2) is 6.80. The lowest BCUT2D eigenvalue weighted by Crippen LogP contribution is -2.32. The average molecular weight is 309 g/mol. The molecule has 1 aromatic rings. The van der Waals surface area contributed by atoms with Gasteiger partial charge in [0, 0.05) is 38.3 Å². The second-order valence-corrected chi connectivity index (χ2v) is 5.55. The molecular formula is C12H16Cl3N3. The zero-order valence-electron chi connectivity index (χ0n) is 10.1. The SMILES string of the molecule is ClCCN1CCCN(c2ncc(Cl)cc2Cl)CC1. The van der Waals surface area contributed by atoms with Crippen molar-refractivity contribution in [3.05, 3.63) is 22.3 Å². The van der Waals surface area contributed by atoms with E-state index in [1.165, 1.54) is 0 Å². The highest BCUT2D eigenvalue weighted by Gasteiger charge is 2.17. The zero-order chi connectivity index (χ0) is 13.0. The summed E-state index contributed by atoms with van der Waals surface area (Å²) in [5, 5.41) is 1.19. The third-order valence-electron chi connectivity index (χ3n) is 3.08. The molecular weight excluding hydrogens is 293 g/mol. The van der Waals surface area contributed by atoms with Gasteiger partial charge in [0.05, 0.1) is 10.0 Å². The van der Waals surface area contributed by atoms with Crippen molar-refractivity contribution in [2.24, 2.45) is 0 Å². The molecule has 0 atom stereocenters. The van der Waals surface area contributed by atoms with Gasteiger partial charge in [-0.15, -0.1) is 11.6 Å². The van der Waals surface area contributed by atoms with E-state index in [-0.39, 0.29) is 0 Å². The smallest absolute Gasteiger partial charge is 0.147 e. The molecule has 0 aromatic carbocycles. The first kappa shape index (κ1) is 14.2. The minimum atomic E-state index is 0.572. The van der Waals surface area contributed by atoms with E-state index in [9.17, 15) is 0 Å². The van der Waals surface area contributed by atoms with Crippen LogP contribution >= 0.6 is 34.8 Å². The molecule has 100 valence electrons. The minimum absolute atomic E-state index is 0.572. The highest BCUT2D eigenvalue weighted by Crippen LogP contribution is 2.26. The first-order chi connectivity index (χ1) is 8.70. The van der Waals surface area contributed by atoms with E-state index in [4.69, 9.17) is 34.8 Å². The Morgan fingerprint density at radius 2 is 2.00 bits per heavy atom. The number of nitrogens with zero attached hydrogens (tertiary/aromatic N) is 3. The van der Waals surface area contributed by atoms with E-state index in [2.05, 4.69) is 14.8 Å². The predicted molar refractivity (Wildman–Crippen MR) is 78.2 cm³/mol. The van der Waals surface area contributed by atoms with Gasteiger partial charge in [-0.3, -0.25) is 0 Å². The van der Waals surface area contributed by atoms with Crippen molar-refractivity contribution in [3.8, 4) is 0 Å². The van der Waals surface area contributed by atoms with E-state index in [0.717, 1.165) is 45.0 Å². The fraction of sp³-hybridized carbons (Fsp3) is 0.583. The van der Waals surface area contributed by atoms with Crippen LogP contribution < -0.4 is 4.90 Å². The summed E-state index contributed by atoms with van der Waals surface area (Å²) in [6.07, 6.45) is 2.74. The van der Waals surface area contributed by atoms with Crippen LogP contribution in [-0.4, -0.2) is 48.5 Å². The Kier molecular flexibility index (Phi) is 5.37. The number of rotatable bonds is 3. The Hall–Kier alpha value is -0.220. The molecule has 0 spiro atoms. The van der Waals surface area contributed by atoms with Gasteiger partial charge in [-0.05, 0) is 19.0 Å². The van der Waals surface area contributed by atoms with Crippen LogP contribution in [0.3, 0.4) is 0 Å². The number of anilines is 1. The van der Waals surface area contributed by atoms with Crippen LogP contribution in [-0.2, 0) is 0 Å². The molecule has 18 heavy (non-hydrogen) atoms. The summed E-state index contributed by atoms with van der Waals surface area (Å²) in [6, 6.07) is 1.74. The number of hydrogen-bond acceptors (Lipinski definition) is 3. The maximum atomic E-state index is 6.19. The third kappa shape index (κ3) is 3.64. The summed E-state index contributed by atoms with van der Waals surface area (Å²) >= 11 is 17.8. The van der Waals surface area contributed by atoms with Gasteiger partial charge in [-0.1, -0.05) is 23.2 Å². The topological polar surface area (TPSA) is 19.4 Å². The monoisotopic (exact) mass is 307 g/mol.